The van der Waals surface area contributed by atoms with Gasteiger partial charge in [-0.25, -0.2) is 18.1 Å². The van der Waals surface area contributed by atoms with Gasteiger partial charge in [0.1, 0.15) is 23.6 Å². The van der Waals surface area contributed by atoms with Crippen molar-refractivity contribution >= 4 is 89.0 Å². The van der Waals surface area contributed by atoms with Gasteiger partial charge in [-0.15, -0.1) is 11.3 Å². The number of piperidine rings is 1. The number of aromatic nitrogens is 3. The van der Waals surface area contributed by atoms with E-state index in [9.17, 15) is 23.3 Å². The fourth-order valence-corrected chi connectivity index (χ4v) is 11.9. The Hall–Kier alpha value is -6.21. The molecule has 2 saturated heterocycles. The van der Waals surface area contributed by atoms with Crippen LogP contribution in [0.3, 0.4) is 0 Å². The van der Waals surface area contributed by atoms with Crippen LogP contribution in [0.4, 0.5) is 33.6 Å². The number of nitrogens with one attached hydrogen (secondary N) is 3. The Bertz CT molecular complexity index is 3020. The number of piperazine rings is 1. The first-order chi connectivity index (χ1) is 33.3. The van der Waals surface area contributed by atoms with E-state index in [1.165, 1.54) is 28.8 Å². The average molecular weight is 992 g/mol. The molecule has 0 radical (unpaired) electrons. The van der Waals surface area contributed by atoms with E-state index in [0.717, 1.165) is 105 Å². The Labute approximate surface area is 410 Å². The summed E-state index contributed by atoms with van der Waals surface area (Å²) in [5.41, 5.74) is 6.93. The molecule has 19 heteroatoms. The lowest BCUT2D eigenvalue weighted by molar-refractivity contribution is -0.384. The van der Waals surface area contributed by atoms with Crippen molar-refractivity contribution in [3.8, 4) is 5.88 Å². The first-order valence-corrected chi connectivity index (χ1v) is 26.2. The standard InChI is InChI=1S/C50H55ClN10O6S2/c1-50(2)15-11-36(41(30-50)34-3-5-37(51)6-4-34)32-57-20-22-58(23-21-57)38-7-9-40(43(28-38)60-24-25-67-48-45(60)27-35-12-16-52-46(35)55-48)47(62)56-69(65,66)39-8-10-42(44(29-39)61(63)64)54-31-33-13-18-59(19-14-33)49-53-17-26-68-49/h3-10,12,16-17,26-29,33,54H,11,13-15,18-25,30-32H2,1-2H3,(H,52,55)(H,56,62). The van der Waals surface area contributed by atoms with E-state index in [0.29, 0.717) is 36.0 Å². The van der Waals surface area contributed by atoms with Crippen LogP contribution >= 0.6 is 22.9 Å². The molecule has 360 valence electrons. The number of nitro groups is 1. The molecule has 3 aromatic carbocycles. The quantitative estimate of drug-likeness (QED) is 0.0736. The van der Waals surface area contributed by atoms with Gasteiger partial charge in [0.25, 0.3) is 21.6 Å². The third-order valence-corrected chi connectivity index (χ3v) is 16.4. The van der Waals surface area contributed by atoms with Gasteiger partial charge >= 0.3 is 0 Å². The number of rotatable bonds is 13. The largest absolute Gasteiger partial charge is 0.474 e. The van der Waals surface area contributed by atoms with Crippen LogP contribution in [0.15, 0.2) is 101 Å². The van der Waals surface area contributed by atoms with Crippen LogP contribution in [0.1, 0.15) is 61.9 Å². The summed E-state index contributed by atoms with van der Waals surface area (Å²) in [5, 5.41) is 20.1. The molecule has 4 aliphatic rings. The maximum atomic E-state index is 14.4. The Morgan fingerprint density at radius 2 is 1.77 bits per heavy atom. The molecule has 10 rings (SSSR count). The zero-order valence-electron chi connectivity index (χ0n) is 38.6. The number of carbonyl (C=O) groups is 1. The van der Waals surface area contributed by atoms with E-state index in [-0.39, 0.29) is 29.2 Å². The Kier molecular flexibility index (Phi) is 13.0. The molecule has 0 atom stereocenters. The molecule has 1 aliphatic carbocycles. The van der Waals surface area contributed by atoms with Crippen molar-refractivity contribution in [1.82, 2.24) is 24.6 Å². The van der Waals surface area contributed by atoms with Crippen LogP contribution in [0.25, 0.3) is 16.6 Å². The highest BCUT2D eigenvalue weighted by molar-refractivity contribution is 7.90. The number of amides is 1. The number of pyridine rings is 1. The predicted molar refractivity (Wildman–Crippen MR) is 273 cm³/mol. The lowest BCUT2D eigenvalue weighted by Gasteiger charge is -2.39. The molecule has 0 spiro atoms. The van der Waals surface area contributed by atoms with Crippen molar-refractivity contribution in [1.29, 1.82) is 0 Å². The summed E-state index contributed by atoms with van der Waals surface area (Å²) < 4.78 is 36.3. The number of halogens is 1. The normalized spacial score (nSPS) is 18.0. The van der Waals surface area contributed by atoms with E-state index in [1.807, 2.05) is 46.7 Å². The summed E-state index contributed by atoms with van der Waals surface area (Å²) in [6.07, 6.45) is 8.55. The molecular formula is C50H55ClN10O6S2. The van der Waals surface area contributed by atoms with Gasteiger partial charge in [-0.1, -0.05) is 43.2 Å². The van der Waals surface area contributed by atoms with Crippen molar-refractivity contribution in [2.45, 2.75) is 50.8 Å². The Morgan fingerprint density at radius 1 is 0.971 bits per heavy atom. The third-order valence-electron chi connectivity index (χ3n) is 14.0. The number of sulfonamides is 1. The van der Waals surface area contributed by atoms with Gasteiger partial charge in [0.05, 0.1) is 27.6 Å². The molecule has 0 bridgehead atoms. The Balaban J connectivity index is 0.879. The number of fused-ring (bicyclic) bond motifs is 2. The lowest BCUT2D eigenvalue weighted by atomic mass is 9.72. The first-order valence-electron chi connectivity index (χ1n) is 23.5. The number of aromatic amines is 1. The second kappa shape index (κ2) is 19.3. The van der Waals surface area contributed by atoms with Crippen LogP contribution in [0.2, 0.25) is 5.02 Å². The molecule has 3 aromatic heterocycles. The first kappa shape index (κ1) is 46.5. The fraction of sp³-hybridized carbons (Fsp3) is 0.380. The zero-order chi connectivity index (χ0) is 47.9. The molecule has 69 heavy (non-hydrogen) atoms. The molecule has 6 aromatic rings. The van der Waals surface area contributed by atoms with Crippen LogP contribution in [0, 0.1) is 21.4 Å². The molecule has 3 aliphatic heterocycles. The maximum Gasteiger partial charge on any atom is 0.293 e. The number of thiazole rings is 1. The monoisotopic (exact) mass is 990 g/mol. The molecule has 0 saturated carbocycles. The van der Waals surface area contributed by atoms with E-state index < -0.39 is 31.4 Å². The number of anilines is 5. The van der Waals surface area contributed by atoms with Crippen LogP contribution < -0.4 is 29.5 Å². The highest BCUT2D eigenvalue weighted by Crippen LogP contribution is 2.44. The fourth-order valence-electron chi connectivity index (χ4n) is 10.1. The highest BCUT2D eigenvalue weighted by atomic mass is 35.5. The molecule has 3 N–H and O–H groups in total. The van der Waals surface area contributed by atoms with Crippen LogP contribution in [-0.2, 0) is 10.0 Å². The number of nitrogens with zero attached hydrogens (tertiary/aromatic N) is 7. The average Bonchev–Trinajstić information content (AvgIpc) is 4.06. The van der Waals surface area contributed by atoms with E-state index >= 15 is 0 Å². The van der Waals surface area contributed by atoms with Crippen molar-refractivity contribution in [3.63, 3.8) is 0 Å². The van der Waals surface area contributed by atoms with Gasteiger partial charge < -0.3 is 29.7 Å². The second-order valence-corrected chi connectivity index (χ2v) is 22.1. The van der Waals surface area contributed by atoms with Crippen molar-refractivity contribution in [2.75, 3.05) is 85.5 Å². The van der Waals surface area contributed by atoms with Crippen LogP contribution in [0.5, 0.6) is 5.88 Å². The lowest BCUT2D eigenvalue weighted by Crippen LogP contribution is -2.47. The van der Waals surface area contributed by atoms with E-state index in [4.69, 9.17) is 21.3 Å². The van der Waals surface area contributed by atoms with Gasteiger partial charge in [-0.2, -0.15) is 4.98 Å². The second-order valence-electron chi connectivity index (χ2n) is 19.1. The third kappa shape index (κ3) is 10.1. The summed E-state index contributed by atoms with van der Waals surface area (Å²) in [5.74, 6) is -0.224. The smallest absolute Gasteiger partial charge is 0.293 e. The summed E-state index contributed by atoms with van der Waals surface area (Å²) in [4.78, 5) is 47.0. The maximum absolute atomic E-state index is 14.4. The van der Waals surface area contributed by atoms with Gasteiger partial charge in [-0.3, -0.25) is 19.8 Å². The van der Waals surface area contributed by atoms with Crippen LogP contribution in [-0.4, -0.2) is 105 Å². The topological polar surface area (TPSA) is 182 Å². The molecule has 6 heterocycles. The molecule has 0 unspecified atom stereocenters. The molecular weight excluding hydrogens is 936 g/mol. The van der Waals surface area contributed by atoms with Crippen molar-refractivity contribution < 1.29 is 22.9 Å². The van der Waals surface area contributed by atoms with Gasteiger partial charge in [0.15, 0.2) is 5.13 Å². The van der Waals surface area contributed by atoms with E-state index in [2.05, 4.69) is 60.7 Å². The highest BCUT2D eigenvalue weighted by Gasteiger charge is 2.32. The Morgan fingerprint density at radius 3 is 2.52 bits per heavy atom. The van der Waals surface area contributed by atoms with Gasteiger partial charge in [0.2, 0.25) is 5.88 Å². The number of H-pyrrole nitrogens is 1. The summed E-state index contributed by atoms with van der Waals surface area (Å²) in [7, 11) is -4.58. The summed E-state index contributed by atoms with van der Waals surface area (Å²) >= 11 is 7.88. The summed E-state index contributed by atoms with van der Waals surface area (Å²) in [6, 6.07) is 21.2. The van der Waals surface area contributed by atoms with Gasteiger partial charge in [-0.05, 0) is 109 Å². The molecule has 2 fully saturated rings. The van der Waals surface area contributed by atoms with Gasteiger partial charge in [0, 0.05) is 92.3 Å². The SMILES string of the molecule is CC1(C)CCC(CN2CCN(c3ccc(C(=O)NS(=O)(=O)c4ccc(NCC5CCN(c6nccs6)CC5)c([N+](=O)[O-])c4)c(N4CCOc5nc6[nH]ccc6cc54)c3)CC2)=C(c2ccc(Cl)cc2)C1. The minimum atomic E-state index is -4.58. The molecule has 1 amide bonds. The number of ether oxygens (including phenoxy) is 1. The minimum absolute atomic E-state index is 0.110. The number of hydrogen-bond acceptors (Lipinski definition) is 14. The van der Waals surface area contributed by atoms with Crippen molar-refractivity contribution in [3.05, 3.63) is 122 Å². The minimum Gasteiger partial charge on any atom is -0.474 e. The number of hydrogen-bond donors (Lipinski definition) is 3. The zero-order valence-corrected chi connectivity index (χ0v) is 41.0. The van der Waals surface area contributed by atoms with Crippen molar-refractivity contribution in [2.24, 2.45) is 11.3 Å². The van der Waals surface area contributed by atoms with E-state index in [1.54, 1.807) is 29.8 Å². The molecule has 16 nitrogen and oxygen atoms in total. The number of carbonyl (C=O) groups excluding carboxylic acids is 1. The number of benzene rings is 3. The summed E-state index contributed by atoms with van der Waals surface area (Å²) in [6.45, 7) is 11.5. The number of allylic oxidation sites excluding steroid dienone is 1. The number of nitro benzene ring substituents is 1. The predicted octanol–water partition coefficient (Wildman–Crippen LogP) is 9.34.